The highest BCUT2D eigenvalue weighted by atomic mass is 79.9. The van der Waals surface area contributed by atoms with Gasteiger partial charge < -0.3 is 5.32 Å². The van der Waals surface area contributed by atoms with Gasteiger partial charge in [-0.25, -0.2) is 12.8 Å². The molecule has 2 aliphatic heterocycles. The highest BCUT2D eigenvalue weighted by molar-refractivity contribution is 9.10. The second kappa shape index (κ2) is 6.50. The third kappa shape index (κ3) is 2.99. The van der Waals surface area contributed by atoms with Gasteiger partial charge in [0.25, 0.3) is 0 Å². The molecule has 2 fully saturated rings. The molecular formula is C13H17BrClFN2O2S. The molecule has 2 saturated heterocycles. The van der Waals surface area contributed by atoms with Crippen molar-refractivity contribution in [3.05, 3.63) is 28.5 Å². The summed E-state index contributed by atoms with van der Waals surface area (Å²) in [7, 11) is -3.79. The quantitative estimate of drug-likeness (QED) is 0.831. The van der Waals surface area contributed by atoms with E-state index in [4.69, 9.17) is 0 Å². The molecule has 2 heterocycles. The van der Waals surface area contributed by atoms with Gasteiger partial charge in [0.05, 0.1) is 4.47 Å². The van der Waals surface area contributed by atoms with E-state index in [0.29, 0.717) is 6.54 Å². The Bertz CT molecular complexity index is 615. The maximum atomic E-state index is 14.2. The number of fused-ring (bicyclic) bond motifs is 2. The summed E-state index contributed by atoms with van der Waals surface area (Å²) in [6.45, 7) is 1.46. The molecule has 2 unspecified atom stereocenters. The van der Waals surface area contributed by atoms with Gasteiger partial charge in [-0.05, 0) is 53.9 Å². The first-order chi connectivity index (χ1) is 9.51. The number of benzene rings is 1. The molecule has 1 aromatic carbocycles. The van der Waals surface area contributed by atoms with Crippen molar-refractivity contribution in [3.8, 4) is 0 Å². The molecule has 4 nitrogen and oxygen atoms in total. The monoisotopic (exact) mass is 398 g/mol. The van der Waals surface area contributed by atoms with Crippen LogP contribution in [-0.2, 0) is 10.0 Å². The Kier molecular flexibility index (Phi) is 5.31. The highest BCUT2D eigenvalue weighted by Gasteiger charge is 2.43. The van der Waals surface area contributed by atoms with Crippen LogP contribution in [0, 0.1) is 5.82 Å². The van der Waals surface area contributed by atoms with Gasteiger partial charge in [-0.2, -0.15) is 4.31 Å². The van der Waals surface area contributed by atoms with E-state index in [2.05, 4.69) is 21.2 Å². The average Bonchev–Trinajstić information content (AvgIpc) is 2.66. The van der Waals surface area contributed by atoms with Gasteiger partial charge in [0, 0.05) is 18.6 Å². The SMILES string of the molecule is Cl.O=S(=O)(c1cccc(Br)c1F)N1C2CCNCC1CC2. The lowest BCUT2D eigenvalue weighted by molar-refractivity contribution is 0.332. The summed E-state index contributed by atoms with van der Waals surface area (Å²) in [4.78, 5) is -0.231. The van der Waals surface area contributed by atoms with E-state index in [-0.39, 0.29) is 33.9 Å². The van der Waals surface area contributed by atoms with Crippen LogP contribution in [0.3, 0.4) is 0 Å². The van der Waals surface area contributed by atoms with E-state index in [1.807, 2.05) is 0 Å². The molecular weight excluding hydrogens is 383 g/mol. The second-order valence-corrected chi connectivity index (χ2v) is 7.93. The molecule has 3 rings (SSSR count). The van der Waals surface area contributed by atoms with Crippen molar-refractivity contribution in [2.75, 3.05) is 13.1 Å². The molecule has 2 bridgehead atoms. The second-order valence-electron chi connectivity index (χ2n) is 5.26. The van der Waals surface area contributed by atoms with Gasteiger partial charge >= 0.3 is 0 Å². The third-order valence-corrected chi connectivity index (χ3v) is 6.69. The zero-order valence-electron chi connectivity index (χ0n) is 11.3. The zero-order chi connectivity index (χ0) is 14.3. The van der Waals surface area contributed by atoms with Crippen molar-refractivity contribution >= 4 is 38.4 Å². The average molecular weight is 400 g/mol. The van der Waals surface area contributed by atoms with Crippen molar-refractivity contribution in [3.63, 3.8) is 0 Å². The Labute approximate surface area is 138 Å². The van der Waals surface area contributed by atoms with Crippen LogP contribution < -0.4 is 5.32 Å². The summed E-state index contributed by atoms with van der Waals surface area (Å²) < 4.78 is 41.5. The highest BCUT2D eigenvalue weighted by Crippen LogP contribution is 2.35. The number of nitrogens with one attached hydrogen (secondary N) is 1. The molecule has 0 aliphatic carbocycles. The minimum Gasteiger partial charge on any atom is -0.315 e. The van der Waals surface area contributed by atoms with Gasteiger partial charge in [-0.3, -0.25) is 0 Å². The first kappa shape index (κ1) is 17.1. The molecule has 2 atom stereocenters. The van der Waals surface area contributed by atoms with Gasteiger partial charge in [0.2, 0.25) is 10.0 Å². The fraction of sp³-hybridized carbons (Fsp3) is 0.538. The maximum absolute atomic E-state index is 14.2. The molecule has 8 heteroatoms. The van der Waals surface area contributed by atoms with E-state index in [1.165, 1.54) is 16.4 Å². The smallest absolute Gasteiger partial charge is 0.246 e. The van der Waals surface area contributed by atoms with Gasteiger partial charge in [0.1, 0.15) is 4.90 Å². The van der Waals surface area contributed by atoms with E-state index in [9.17, 15) is 12.8 Å². The van der Waals surface area contributed by atoms with E-state index >= 15 is 0 Å². The van der Waals surface area contributed by atoms with Gasteiger partial charge in [-0.15, -0.1) is 12.4 Å². The predicted molar refractivity (Wildman–Crippen MR) is 84.7 cm³/mol. The standard InChI is InChI=1S/C13H16BrFN2O2S.ClH/c14-11-2-1-3-12(13(11)15)20(18,19)17-9-4-5-10(17)8-16-7-6-9;/h1-3,9-10,16H,4-8H2;1H. The van der Waals surface area contributed by atoms with Crippen LogP contribution in [0.25, 0.3) is 0 Å². The van der Waals surface area contributed by atoms with Crippen LogP contribution in [0.5, 0.6) is 0 Å². The number of sulfonamides is 1. The van der Waals surface area contributed by atoms with Crippen LogP contribution in [0.2, 0.25) is 0 Å². The molecule has 0 saturated carbocycles. The summed E-state index contributed by atoms with van der Waals surface area (Å²) in [6, 6.07) is 4.32. The van der Waals surface area contributed by atoms with Crippen molar-refractivity contribution in [1.29, 1.82) is 0 Å². The number of rotatable bonds is 2. The molecule has 118 valence electrons. The predicted octanol–water partition coefficient (Wildman–Crippen LogP) is 2.53. The zero-order valence-corrected chi connectivity index (χ0v) is 14.5. The fourth-order valence-electron chi connectivity index (χ4n) is 3.13. The first-order valence-electron chi connectivity index (χ1n) is 6.70. The summed E-state index contributed by atoms with van der Waals surface area (Å²) >= 11 is 3.05. The van der Waals surface area contributed by atoms with Crippen LogP contribution in [-0.4, -0.2) is 37.9 Å². The molecule has 1 N–H and O–H groups in total. The van der Waals surface area contributed by atoms with Crippen LogP contribution >= 0.6 is 28.3 Å². The Hall–Kier alpha value is -0.210. The van der Waals surface area contributed by atoms with Crippen LogP contribution in [0.1, 0.15) is 19.3 Å². The van der Waals surface area contributed by atoms with Gasteiger partial charge in [-0.1, -0.05) is 6.07 Å². The lowest BCUT2D eigenvalue weighted by Crippen LogP contribution is -2.42. The number of halogens is 3. The molecule has 2 aliphatic rings. The van der Waals surface area contributed by atoms with E-state index in [1.54, 1.807) is 6.07 Å². The fourth-order valence-corrected chi connectivity index (χ4v) is 5.61. The van der Waals surface area contributed by atoms with E-state index < -0.39 is 15.8 Å². The largest absolute Gasteiger partial charge is 0.315 e. The number of nitrogens with zero attached hydrogens (tertiary/aromatic N) is 1. The molecule has 0 aromatic heterocycles. The first-order valence-corrected chi connectivity index (χ1v) is 8.93. The lowest BCUT2D eigenvalue weighted by atomic mass is 10.1. The lowest BCUT2D eigenvalue weighted by Gasteiger charge is -2.27. The minimum absolute atomic E-state index is 0. The maximum Gasteiger partial charge on any atom is 0.246 e. The Morgan fingerprint density at radius 3 is 2.71 bits per heavy atom. The Balaban J connectivity index is 0.00000161. The Morgan fingerprint density at radius 1 is 1.24 bits per heavy atom. The molecule has 0 spiro atoms. The molecule has 1 aromatic rings. The van der Waals surface area contributed by atoms with Gasteiger partial charge in [0.15, 0.2) is 5.82 Å². The van der Waals surface area contributed by atoms with Crippen molar-refractivity contribution in [2.24, 2.45) is 0 Å². The van der Waals surface area contributed by atoms with E-state index in [0.717, 1.165) is 25.8 Å². The number of hydrogen-bond donors (Lipinski definition) is 1. The molecule has 0 radical (unpaired) electrons. The van der Waals surface area contributed by atoms with Crippen molar-refractivity contribution < 1.29 is 12.8 Å². The molecule has 21 heavy (non-hydrogen) atoms. The molecule has 0 amide bonds. The third-order valence-electron chi connectivity index (χ3n) is 4.06. The summed E-state index contributed by atoms with van der Waals surface area (Å²) in [5, 5.41) is 3.25. The normalized spacial score (nSPS) is 26.2. The Morgan fingerprint density at radius 2 is 1.95 bits per heavy atom. The van der Waals surface area contributed by atoms with Crippen LogP contribution in [0.15, 0.2) is 27.6 Å². The summed E-state index contributed by atoms with van der Waals surface area (Å²) in [5.41, 5.74) is 0. The topological polar surface area (TPSA) is 49.4 Å². The summed E-state index contributed by atoms with van der Waals surface area (Å²) in [5.74, 6) is -0.705. The van der Waals surface area contributed by atoms with Crippen molar-refractivity contribution in [1.82, 2.24) is 9.62 Å². The number of hydrogen-bond acceptors (Lipinski definition) is 3. The van der Waals surface area contributed by atoms with Crippen molar-refractivity contribution in [2.45, 2.75) is 36.2 Å². The minimum atomic E-state index is -3.79. The van der Waals surface area contributed by atoms with Crippen LogP contribution in [0.4, 0.5) is 4.39 Å². The summed E-state index contributed by atoms with van der Waals surface area (Å²) in [6.07, 6.45) is 2.49.